The molecule has 1 fully saturated rings. The highest BCUT2D eigenvalue weighted by Gasteiger charge is 2.30. The summed E-state index contributed by atoms with van der Waals surface area (Å²) in [4.78, 5) is 34.6. The predicted octanol–water partition coefficient (Wildman–Crippen LogP) is 3.18. The summed E-state index contributed by atoms with van der Waals surface area (Å²) in [6, 6.07) is 14.2. The molecule has 0 saturated carbocycles. The van der Waals surface area contributed by atoms with Gasteiger partial charge in [-0.25, -0.2) is 9.78 Å². The fourth-order valence-corrected chi connectivity index (χ4v) is 5.14. The van der Waals surface area contributed by atoms with E-state index in [1.165, 1.54) is 0 Å². The Morgan fingerprint density at radius 3 is 2.70 bits per heavy atom. The topological polar surface area (TPSA) is 117 Å². The molecule has 2 aliphatic heterocycles. The van der Waals surface area contributed by atoms with Crippen LogP contribution in [-0.2, 0) is 4.79 Å². The smallest absolute Gasteiger partial charge is 0.334 e. The van der Waals surface area contributed by atoms with Crippen molar-refractivity contribution < 1.29 is 19.0 Å². The molecule has 2 aromatic heterocycles. The zero-order chi connectivity index (χ0) is 27.8. The first kappa shape index (κ1) is 25.5. The van der Waals surface area contributed by atoms with Crippen molar-refractivity contribution in [1.29, 1.82) is 0 Å². The monoisotopic (exact) mass is 542 g/mol. The number of carbonyl (C=O) groups is 1. The zero-order valence-corrected chi connectivity index (χ0v) is 22.3. The van der Waals surface area contributed by atoms with Crippen LogP contribution in [0, 0.1) is 0 Å². The number of ether oxygens (including phenoxy) is 3. The van der Waals surface area contributed by atoms with E-state index in [0.29, 0.717) is 65.8 Å². The number of likely N-dealkylation sites (tertiary alicyclic amines) is 1. The maximum absolute atomic E-state index is 13.9. The van der Waals surface area contributed by atoms with Gasteiger partial charge in [0, 0.05) is 38.0 Å². The molecule has 4 heterocycles. The highest BCUT2D eigenvalue weighted by molar-refractivity contribution is 5.88. The van der Waals surface area contributed by atoms with Crippen LogP contribution in [0.15, 0.2) is 71.7 Å². The molecule has 1 atom stereocenters. The molecule has 40 heavy (non-hydrogen) atoms. The summed E-state index contributed by atoms with van der Waals surface area (Å²) < 4.78 is 20.1. The quantitative estimate of drug-likeness (QED) is 0.354. The lowest BCUT2D eigenvalue weighted by Gasteiger charge is -2.15. The highest BCUT2D eigenvalue weighted by Crippen LogP contribution is 2.37. The second-order valence-corrected chi connectivity index (χ2v) is 10.1. The molecule has 1 saturated heterocycles. The molecule has 0 spiro atoms. The number of amides is 1. The van der Waals surface area contributed by atoms with Crippen molar-refractivity contribution in [2.45, 2.75) is 12.5 Å². The van der Waals surface area contributed by atoms with Crippen molar-refractivity contribution in [3.63, 3.8) is 0 Å². The van der Waals surface area contributed by atoms with Gasteiger partial charge in [-0.15, -0.1) is 0 Å². The van der Waals surface area contributed by atoms with E-state index in [1.54, 1.807) is 74.8 Å². The normalized spacial score (nSPS) is 16.5. The Balaban J connectivity index is 1.28. The number of fused-ring (bicyclic) bond motifs is 2. The van der Waals surface area contributed by atoms with E-state index in [2.05, 4.69) is 4.98 Å². The van der Waals surface area contributed by atoms with Gasteiger partial charge >= 0.3 is 5.69 Å². The van der Waals surface area contributed by atoms with Gasteiger partial charge < -0.3 is 29.7 Å². The van der Waals surface area contributed by atoms with Gasteiger partial charge in [0.15, 0.2) is 11.5 Å². The van der Waals surface area contributed by atoms with E-state index >= 15 is 0 Å². The number of nitrogen functional groups attached to an aromatic ring is 1. The molecule has 0 unspecified atom stereocenters. The molecule has 1 amide bonds. The summed E-state index contributed by atoms with van der Waals surface area (Å²) in [5.74, 6) is 2.72. The Labute approximate surface area is 230 Å². The van der Waals surface area contributed by atoms with Crippen molar-refractivity contribution >= 4 is 22.8 Å². The average Bonchev–Trinajstić information content (AvgIpc) is 3.66. The highest BCUT2D eigenvalue weighted by atomic mass is 16.7. The third kappa shape index (κ3) is 4.75. The molecule has 0 aliphatic carbocycles. The minimum Gasteiger partial charge on any atom is -0.457 e. The lowest BCUT2D eigenvalue weighted by Crippen LogP contribution is -2.31. The Hall–Kier alpha value is -4.77. The van der Waals surface area contributed by atoms with E-state index < -0.39 is 0 Å². The number of imidazole rings is 1. The van der Waals surface area contributed by atoms with Crippen molar-refractivity contribution in [2.24, 2.45) is 0 Å². The second-order valence-electron chi connectivity index (χ2n) is 10.1. The van der Waals surface area contributed by atoms with Gasteiger partial charge in [0.2, 0.25) is 12.7 Å². The molecule has 2 aromatic carbocycles. The van der Waals surface area contributed by atoms with E-state index in [0.717, 1.165) is 0 Å². The Morgan fingerprint density at radius 1 is 1.12 bits per heavy atom. The number of rotatable bonds is 7. The summed E-state index contributed by atoms with van der Waals surface area (Å²) in [6.45, 7) is 1.88. The van der Waals surface area contributed by atoms with Crippen molar-refractivity contribution in [3.8, 4) is 28.7 Å². The van der Waals surface area contributed by atoms with E-state index in [1.807, 2.05) is 25.1 Å². The largest absolute Gasteiger partial charge is 0.457 e. The summed E-state index contributed by atoms with van der Waals surface area (Å²) in [6.07, 6.45) is 5.71. The number of likely N-dealkylation sites (N-methyl/N-ethyl adjacent to an activating group) is 1. The fourth-order valence-electron chi connectivity index (χ4n) is 5.14. The van der Waals surface area contributed by atoms with Gasteiger partial charge in [0.25, 0.3) is 0 Å². The van der Waals surface area contributed by atoms with Crippen molar-refractivity contribution in [3.05, 3.63) is 77.4 Å². The molecular formula is C29H30N6O5. The Morgan fingerprint density at radius 2 is 1.90 bits per heavy atom. The number of anilines is 1. The van der Waals surface area contributed by atoms with Crippen molar-refractivity contribution in [1.82, 2.24) is 23.9 Å². The summed E-state index contributed by atoms with van der Waals surface area (Å²) in [5.41, 5.74) is 7.91. The minimum absolute atomic E-state index is 0.0552. The molecule has 0 radical (unpaired) electrons. The number of aromatic nitrogens is 3. The molecule has 11 nitrogen and oxygen atoms in total. The first-order valence-corrected chi connectivity index (χ1v) is 13.0. The standard InChI is InChI=1S/C29H30N6O5/c1-32(2)14-3-4-26(36)33-15-12-20(17-33)34-23-11-13-31-28(30)27(23)35(29(34)37)19-5-7-21(8-6-19)40-22-9-10-24-25(16-22)39-18-38-24/h3-11,13,16,20H,12,14-15,17-18H2,1-2H3,(H2,30,31)/b4-3+/t20-/m1/s1. The van der Waals surface area contributed by atoms with E-state index in [-0.39, 0.29) is 30.2 Å². The van der Waals surface area contributed by atoms with Crippen LogP contribution in [0.2, 0.25) is 0 Å². The summed E-state index contributed by atoms with van der Waals surface area (Å²) in [7, 11) is 3.90. The van der Waals surface area contributed by atoms with Gasteiger partial charge in [0.05, 0.1) is 17.2 Å². The van der Waals surface area contributed by atoms with Gasteiger partial charge in [-0.2, -0.15) is 0 Å². The first-order chi connectivity index (χ1) is 19.4. The summed E-state index contributed by atoms with van der Waals surface area (Å²) >= 11 is 0. The molecule has 2 N–H and O–H groups in total. The third-order valence-corrected chi connectivity index (χ3v) is 7.06. The zero-order valence-electron chi connectivity index (χ0n) is 22.3. The lowest BCUT2D eigenvalue weighted by atomic mass is 10.2. The summed E-state index contributed by atoms with van der Waals surface area (Å²) in [5, 5.41) is 0. The van der Waals surface area contributed by atoms with Crippen LogP contribution in [-0.4, -0.2) is 70.3 Å². The fraction of sp³-hybridized carbons (Fsp3) is 0.276. The Kier molecular flexibility index (Phi) is 6.64. The number of benzene rings is 2. The van der Waals surface area contributed by atoms with Crippen LogP contribution in [0.25, 0.3) is 16.7 Å². The number of pyridine rings is 1. The molecule has 6 rings (SSSR count). The van der Waals surface area contributed by atoms with Crippen LogP contribution in [0.5, 0.6) is 23.0 Å². The number of nitrogens with two attached hydrogens (primary N) is 1. The number of hydrogen-bond acceptors (Lipinski definition) is 8. The molecule has 2 aliphatic rings. The van der Waals surface area contributed by atoms with Crippen LogP contribution in [0.4, 0.5) is 5.82 Å². The lowest BCUT2D eigenvalue weighted by molar-refractivity contribution is -0.125. The molecular weight excluding hydrogens is 512 g/mol. The number of nitrogens with zero attached hydrogens (tertiary/aromatic N) is 5. The molecule has 206 valence electrons. The minimum atomic E-state index is -0.235. The maximum atomic E-state index is 13.9. The Bertz CT molecular complexity index is 1660. The van der Waals surface area contributed by atoms with Gasteiger partial charge in [-0.3, -0.25) is 13.9 Å². The predicted molar refractivity (Wildman–Crippen MR) is 150 cm³/mol. The second kappa shape index (κ2) is 10.4. The van der Waals surface area contributed by atoms with Gasteiger partial charge in [-0.1, -0.05) is 6.08 Å². The van der Waals surface area contributed by atoms with Crippen LogP contribution in [0.3, 0.4) is 0 Å². The van der Waals surface area contributed by atoms with Crippen LogP contribution >= 0.6 is 0 Å². The molecule has 0 bridgehead atoms. The first-order valence-electron chi connectivity index (χ1n) is 13.0. The average molecular weight is 543 g/mol. The number of carbonyl (C=O) groups excluding carboxylic acids is 1. The third-order valence-electron chi connectivity index (χ3n) is 7.06. The van der Waals surface area contributed by atoms with E-state index in [9.17, 15) is 9.59 Å². The van der Waals surface area contributed by atoms with E-state index in [4.69, 9.17) is 19.9 Å². The maximum Gasteiger partial charge on any atom is 0.334 e. The molecule has 4 aromatic rings. The van der Waals surface area contributed by atoms with Gasteiger partial charge in [-0.05, 0) is 63.0 Å². The van der Waals surface area contributed by atoms with Gasteiger partial charge in [0.1, 0.15) is 22.8 Å². The SMILES string of the molecule is CN(C)C/C=C/C(=O)N1CC[C@@H](n2c(=O)n(-c3ccc(Oc4ccc5c(c4)OCO5)cc3)c3c(N)nccc32)C1. The van der Waals surface area contributed by atoms with Crippen molar-refractivity contribution in [2.75, 3.05) is 46.3 Å². The van der Waals surface area contributed by atoms with Crippen LogP contribution in [0.1, 0.15) is 12.5 Å². The van der Waals surface area contributed by atoms with Crippen LogP contribution < -0.4 is 25.6 Å². The number of hydrogen-bond donors (Lipinski definition) is 1. The molecule has 11 heteroatoms.